The number of hydrogen-bond acceptors (Lipinski definition) is 3. The molecule has 6 N–H and O–H groups in total. The Kier molecular flexibility index (Phi) is 18.0. The summed E-state index contributed by atoms with van der Waals surface area (Å²) < 4.78 is 0. The molecule has 6 nitrogen and oxygen atoms in total. The third-order valence-corrected chi connectivity index (χ3v) is 5.43. The van der Waals surface area contributed by atoms with Crippen molar-refractivity contribution < 1.29 is 46.8 Å². The Morgan fingerprint density at radius 3 is 0.550 bits per heavy atom. The Balaban J connectivity index is -0.000000240. The number of aliphatic hydroxyl groups excluding tert-OH is 3. The van der Waals surface area contributed by atoms with E-state index in [4.69, 9.17) is 0 Å². The summed E-state index contributed by atoms with van der Waals surface area (Å²) in [7, 11) is 0. The van der Waals surface area contributed by atoms with Crippen LogP contribution < -0.4 is 0 Å². The number of ketones is 3. The third-order valence-electron chi connectivity index (χ3n) is 5.43. The smallest absolute Gasteiger partial charge is 0.325 e. The van der Waals surface area contributed by atoms with Gasteiger partial charge < -0.3 is 15.3 Å². The fraction of sp³-hybridized carbons (Fsp3) is 0.727. The normalized spacial score (nSPS) is 14.1. The molecule has 0 fully saturated rings. The summed E-state index contributed by atoms with van der Waals surface area (Å²) in [5, 5.41) is 28.8. The summed E-state index contributed by atoms with van der Waals surface area (Å²) in [5.41, 5.74) is -1.84. The van der Waals surface area contributed by atoms with E-state index in [9.17, 15) is 29.7 Å². The van der Waals surface area contributed by atoms with Gasteiger partial charge in [-0.3, -0.25) is 14.4 Å². The van der Waals surface area contributed by atoms with Crippen molar-refractivity contribution in [2.45, 2.75) is 125 Å². The molecule has 0 aliphatic heterocycles. The van der Waals surface area contributed by atoms with E-state index in [1.54, 1.807) is 0 Å². The molecule has 0 atom stereocenters. The van der Waals surface area contributed by atoms with Crippen LogP contribution >= 0.6 is 0 Å². The second-order valence-corrected chi connectivity index (χ2v) is 16.2. The van der Waals surface area contributed by atoms with Crippen LogP contribution in [0.3, 0.4) is 0 Å². The van der Waals surface area contributed by atoms with E-state index >= 15 is 0 Å². The Bertz CT molecular complexity index is 801. The SMILES string of the molecule is CC(C)(C)C(=[OH+])/C=C(\O)C(C)(C)C.CC(C)(C)C(=[OH+])/C=C(\O)C(C)(C)C.CC(C)(C)C(=[OH+])/C=C(\O)C(C)(C)C.[Mn]. The molecule has 0 amide bonds. The van der Waals surface area contributed by atoms with Crippen LogP contribution in [0.15, 0.2) is 35.5 Å². The second kappa shape index (κ2) is 16.0. The molecular formula is C33H63MnO6+3. The van der Waals surface area contributed by atoms with Crippen molar-refractivity contribution in [3.8, 4) is 0 Å². The van der Waals surface area contributed by atoms with Gasteiger partial charge in [0.15, 0.2) is 0 Å². The zero-order valence-corrected chi connectivity index (χ0v) is 30.0. The molecule has 1 radical (unpaired) electrons. The van der Waals surface area contributed by atoms with Crippen molar-refractivity contribution >= 4 is 17.3 Å². The molecule has 0 aliphatic rings. The van der Waals surface area contributed by atoms with Crippen LogP contribution in [0.5, 0.6) is 0 Å². The van der Waals surface area contributed by atoms with E-state index < -0.39 is 0 Å². The maximum Gasteiger partial charge on any atom is 0.325 e. The van der Waals surface area contributed by atoms with Gasteiger partial charge in [-0.05, 0) is 62.3 Å². The zero-order chi connectivity index (χ0) is 32.6. The van der Waals surface area contributed by atoms with Gasteiger partial charge in [0.25, 0.3) is 0 Å². The van der Waals surface area contributed by atoms with Gasteiger partial charge in [0.1, 0.15) is 17.3 Å². The van der Waals surface area contributed by atoms with Crippen LogP contribution in [0.4, 0.5) is 0 Å². The van der Waals surface area contributed by atoms with Gasteiger partial charge in [-0.1, -0.05) is 62.3 Å². The number of hydrogen-bond donors (Lipinski definition) is 3. The molecule has 0 aliphatic carbocycles. The standard InChI is InChI=1S/3C11H20O2.Mn/c3*1-10(2,3)8(12)7-9(13)11(4,5)6;/h3*7,12H,1-6H3;/p+3/b3*8-7-;. The Morgan fingerprint density at radius 1 is 0.350 bits per heavy atom. The summed E-state index contributed by atoms with van der Waals surface area (Å²) in [6.07, 6.45) is 4.33. The van der Waals surface area contributed by atoms with Crippen molar-refractivity contribution in [3.63, 3.8) is 0 Å². The summed E-state index contributed by atoms with van der Waals surface area (Å²) in [6, 6.07) is 0. The first-order chi connectivity index (χ1) is 16.6. The molecule has 0 aromatic carbocycles. The van der Waals surface area contributed by atoms with Crippen molar-refractivity contribution in [1.82, 2.24) is 0 Å². The van der Waals surface area contributed by atoms with Crippen molar-refractivity contribution in [2.24, 2.45) is 32.5 Å². The Hall–Kier alpha value is -1.85. The predicted octanol–water partition coefficient (Wildman–Crippen LogP) is 9.19. The molecule has 235 valence electrons. The van der Waals surface area contributed by atoms with E-state index in [-0.39, 0.29) is 84.2 Å². The predicted molar refractivity (Wildman–Crippen MR) is 170 cm³/mol. The molecule has 0 bridgehead atoms. The van der Waals surface area contributed by atoms with Gasteiger partial charge in [-0.25, -0.2) is 0 Å². The van der Waals surface area contributed by atoms with Gasteiger partial charge in [0.05, 0.1) is 34.5 Å². The largest absolute Gasteiger partial charge is 0.511 e. The molecule has 0 aromatic heterocycles. The van der Waals surface area contributed by atoms with Crippen molar-refractivity contribution in [2.75, 3.05) is 0 Å². The monoisotopic (exact) mass is 610 g/mol. The van der Waals surface area contributed by atoms with E-state index in [2.05, 4.69) is 0 Å². The van der Waals surface area contributed by atoms with Gasteiger partial charge in [-0.15, -0.1) is 0 Å². The van der Waals surface area contributed by atoms with E-state index in [0.717, 1.165) is 0 Å². The summed E-state index contributed by atoms with van der Waals surface area (Å²) in [5.74, 6) is 1.25. The van der Waals surface area contributed by atoms with Crippen LogP contribution in [0.25, 0.3) is 0 Å². The van der Waals surface area contributed by atoms with Crippen LogP contribution in [0.1, 0.15) is 125 Å². The second-order valence-electron chi connectivity index (χ2n) is 16.2. The van der Waals surface area contributed by atoms with Crippen LogP contribution in [0, 0.1) is 32.5 Å². The van der Waals surface area contributed by atoms with Crippen LogP contribution in [0.2, 0.25) is 0 Å². The fourth-order valence-corrected chi connectivity index (χ4v) is 1.69. The topological polar surface area (TPSA) is 125 Å². The first-order valence-corrected chi connectivity index (χ1v) is 13.6. The van der Waals surface area contributed by atoms with E-state index in [1.807, 2.05) is 125 Å². The molecule has 40 heavy (non-hydrogen) atoms. The fourth-order valence-electron chi connectivity index (χ4n) is 1.69. The quantitative estimate of drug-likeness (QED) is 0.128. The molecule has 0 unspecified atom stereocenters. The average Bonchev–Trinajstić information content (AvgIpc) is 2.64. The molecule has 0 saturated heterocycles. The summed E-state index contributed by atoms with van der Waals surface area (Å²) in [6.45, 7) is 34.2. The number of carbonyl (C=O) groups excluding carboxylic acids is 3. The van der Waals surface area contributed by atoms with Gasteiger partial charge >= 0.3 is 17.3 Å². The molecule has 0 saturated carbocycles. The molecule has 0 aromatic rings. The van der Waals surface area contributed by atoms with E-state index in [1.165, 1.54) is 18.2 Å². The van der Waals surface area contributed by atoms with Gasteiger partial charge in [0.2, 0.25) is 0 Å². The first-order valence-electron chi connectivity index (χ1n) is 13.6. The molecular weight excluding hydrogens is 547 g/mol. The summed E-state index contributed by atoms with van der Waals surface area (Å²) in [4.78, 5) is 28.8. The maximum absolute atomic E-state index is 9.60. The van der Waals surface area contributed by atoms with Crippen molar-refractivity contribution in [1.29, 1.82) is 0 Å². The van der Waals surface area contributed by atoms with Gasteiger partial charge in [-0.2, -0.15) is 0 Å². The Labute approximate surface area is 256 Å². The molecule has 0 rings (SSSR count). The van der Waals surface area contributed by atoms with E-state index in [0.29, 0.717) is 0 Å². The minimum Gasteiger partial charge on any atom is -0.511 e. The first kappa shape index (κ1) is 45.1. The van der Waals surface area contributed by atoms with Crippen molar-refractivity contribution in [3.05, 3.63) is 35.5 Å². The Morgan fingerprint density at radius 2 is 0.475 bits per heavy atom. The summed E-state index contributed by atoms with van der Waals surface area (Å²) >= 11 is 0. The number of allylic oxidation sites excluding steroid dienone is 6. The maximum atomic E-state index is 9.60. The average molecular weight is 611 g/mol. The van der Waals surface area contributed by atoms with Crippen LogP contribution in [-0.4, -0.2) is 47.1 Å². The number of aliphatic hydroxyl groups is 3. The molecule has 0 spiro atoms. The molecule has 0 heterocycles. The third kappa shape index (κ3) is 21.0. The minimum atomic E-state index is -0.306. The minimum absolute atomic E-state index is 0. The van der Waals surface area contributed by atoms with Gasteiger partial charge in [0, 0.05) is 33.3 Å². The zero-order valence-electron chi connectivity index (χ0n) is 28.8. The molecule has 7 heteroatoms. The number of rotatable bonds is 3. The van der Waals surface area contributed by atoms with Crippen LogP contribution in [-0.2, 0) is 17.1 Å².